The van der Waals surface area contributed by atoms with E-state index in [4.69, 9.17) is 4.74 Å². The van der Waals surface area contributed by atoms with E-state index < -0.39 is 47.4 Å². The summed E-state index contributed by atoms with van der Waals surface area (Å²) in [6, 6.07) is 12.2. The number of aromatic amines is 1. The Morgan fingerprint density at radius 3 is 2.19 bits per heavy atom. The van der Waals surface area contributed by atoms with Crippen LogP contribution in [0.1, 0.15) is 67.7 Å². The van der Waals surface area contributed by atoms with E-state index in [2.05, 4.69) is 20.6 Å². The number of carbonyl (C=O) groups excluding carboxylic acids is 2. The second-order valence-corrected chi connectivity index (χ2v) is 9.73. The van der Waals surface area contributed by atoms with E-state index in [0.29, 0.717) is 29.9 Å². The molecule has 0 radical (unpaired) electrons. The molecule has 3 N–H and O–H groups in total. The Morgan fingerprint density at radius 2 is 1.50 bits per heavy atom. The number of nitrogens with zero attached hydrogens (tertiary/aromatic N) is 1. The van der Waals surface area contributed by atoms with Crippen LogP contribution in [0.25, 0.3) is 11.0 Å². The van der Waals surface area contributed by atoms with Crippen LogP contribution in [-0.4, -0.2) is 28.4 Å². The predicted molar refractivity (Wildman–Crippen MR) is 139 cm³/mol. The Hall–Kier alpha value is -4.39. The van der Waals surface area contributed by atoms with Gasteiger partial charge in [0.15, 0.2) is 0 Å². The molecule has 0 aliphatic carbocycles. The average Bonchev–Trinajstić information content (AvgIpc) is 3.64. The van der Waals surface area contributed by atoms with E-state index in [9.17, 15) is 35.9 Å². The third-order valence-corrected chi connectivity index (χ3v) is 6.84. The van der Waals surface area contributed by atoms with Gasteiger partial charge in [0.1, 0.15) is 17.4 Å². The van der Waals surface area contributed by atoms with Gasteiger partial charge < -0.3 is 20.4 Å². The topological polar surface area (TPSA) is 96.1 Å². The van der Waals surface area contributed by atoms with Crippen molar-refractivity contribution >= 4 is 22.8 Å². The van der Waals surface area contributed by atoms with Gasteiger partial charge in [-0.2, -0.15) is 26.3 Å². The fourth-order valence-electron chi connectivity index (χ4n) is 4.84. The number of rotatable bonds is 7. The van der Waals surface area contributed by atoms with Crippen molar-refractivity contribution in [1.29, 1.82) is 0 Å². The van der Waals surface area contributed by atoms with Crippen LogP contribution in [0.15, 0.2) is 60.7 Å². The minimum absolute atomic E-state index is 0.0115. The lowest BCUT2D eigenvalue weighted by molar-refractivity contribution is -0.138. The molecule has 1 saturated heterocycles. The van der Waals surface area contributed by atoms with E-state index in [1.54, 1.807) is 6.07 Å². The maximum Gasteiger partial charge on any atom is 0.417 e. The Bertz CT molecular complexity index is 1620. The molecule has 0 saturated carbocycles. The van der Waals surface area contributed by atoms with Crippen LogP contribution in [0.2, 0.25) is 0 Å². The molecule has 1 atom stereocenters. The number of halogens is 6. The standard InChI is InChI=1S/C29H24F6N4O3/c30-28(31,32)20-8-3-1-6-17(20)15-37-27(41)19-12-16(13-22-24(19)39-25(38-22)23-10-5-11-42-23)14-36-26(40)18-7-2-4-9-21(18)29(33,34)35/h1-4,6-9,12-13,23H,5,10-11,14-15H2,(H,36,40)(H,37,41)(H,38,39)/t23-/m1/s1. The number of hydrogen-bond donors (Lipinski definition) is 3. The summed E-state index contributed by atoms with van der Waals surface area (Å²) in [5.41, 5.74) is -1.68. The van der Waals surface area contributed by atoms with E-state index in [-0.39, 0.29) is 29.3 Å². The summed E-state index contributed by atoms with van der Waals surface area (Å²) < 4.78 is 86.2. The second-order valence-electron chi connectivity index (χ2n) is 9.73. The van der Waals surface area contributed by atoms with Crippen molar-refractivity contribution in [3.05, 3.63) is 99.9 Å². The summed E-state index contributed by atoms with van der Waals surface area (Å²) in [4.78, 5) is 33.6. The molecule has 1 aromatic heterocycles. The summed E-state index contributed by atoms with van der Waals surface area (Å²) in [6.07, 6.45) is -8.19. The van der Waals surface area contributed by atoms with Crippen molar-refractivity contribution in [2.45, 2.75) is 44.4 Å². The summed E-state index contributed by atoms with van der Waals surface area (Å²) >= 11 is 0. The van der Waals surface area contributed by atoms with Gasteiger partial charge in [0.05, 0.1) is 27.8 Å². The molecule has 42 heavy (non-hydrogen) atoms. The minimum Gasteiger partial charge on any atom is -0.370 e. The van der Waals surface area contributed by atoms with Gasteiger partial charge in [0.25, 0.3) is 11.8 Å². The number of fused-ring (bicyclic) bond motifs is 1. The first-order valence-electron chi connectivity index (χ1n) is 12.9. The van der Waals surface area contributed by atoms with E-state index >= 15 is 0 Å². The number of carbonyl (C=O) groups is 2. The molecule has 0 unspecified atom stereocenters. The van der Waals surface area contributed by atoms with Crippen LogP contribution >= 0.6 is 0 Å². The van der Waals surface area contributed by atoms with Gasteiger partial charge in [-0.25, -0.2) is 4.98 Å². The number of alkyl halides is 6. The lowest BCUT2D eigenvalue weighted by atomic mass is 10.0. The van der Waals surface area contributed by atoms with Crippen molar-refractivity contribution < 1.29 is 40.7 Å². The van der Waals surface area contributed by atoms with Crippen LogP contribution in [-0.2, 0) is 30.2 Å². The van der Waals surface area contributed by atoms with Gasteiger partial charge in [-0.15, -0.1) is 0 Å². The first-order chi connectivity index (χ1) is 19.9. The zero-order valence-corrected chi connectivity index (χ0v) is 21.8. The Labute approximate surface area is 235 Å². The Morgan fingerprint density at radius 1 is 0.857 bits per heavy atom. The highest BCUT2D eigenvalue weighted by molar-refractivity contribution is 6.05. The zero-order chi connectivity index (χ0) is 30.1. The number of benzene rings is 3. The van der Waals surface area contributed by atoms with Crippen LogP contribution < -0.4 is 10.6 Å². The van der Waals surface area contributed by atoms with E-state index in [0.717, 1.165) is 24.6 Å². The first kappa shape index (κ1) is 29.1. The van der Waals surface area contributed by atoms with Crippen molar-refractivity contribution in [2.75, 3.05) is 6.61 Å². The number of aromatic nitrogens is 2. The van der Waals surface area contributed by atoms with Gasteiger partial charge in [0.2, 0.25) is 0 Å². The van der Waals surface area contributed by atoms with Gasteiger partial charge in [0, 0.05) is 19.7 Å². The van der Waals surface area contributed by atoms with Crippen LogP contribution in [0, 0.1) is 0 Å². The van der Waals surface area contributed by atoms with Crippen LogP contribution in [0.4, 0.5) is 26.3 Å². The molecule has 3 aromatic carbocycles. The quantitative estimate of drug-likeness (QED) is 0.220. The Balaban J connectivity index is 1.43. The summed E-state index contributed by atoms with van der Waals surface area (Å²) in [6.45, 7) is -0.134. The highest BCUT2D eigenvalue weighted by Crippen LogP contribution is 2.33. The molecule has 2 amide bonds. The summed E-state index contributed by atoms with van der Waals surface area (Å²) in [7, 11) is 0. The van der Waals surface area contributed by atoms with Crippen molar-refractivity contribution in [3.63, 3.8) is 0 Å². The number of ether oxygens (including phenoxy) is 1. The zero-order valence-electron chi connectivity index (χ0n) is 21.8. The van der Waals surface area contributed by atoms with Gasteiger partial charge in [-0.05, 0) is 54.3 Å². The lowest BCUT2D eigenvalue weighted by Crippen LogP contribution is -2.27. The molecule has 1 aliphatic heterocycles. The maximum atomic E-state index is 13.4. The monoisotopic (exact) mass is 590 g/mol. The fraction of sp³-hybridized carbons (Fsp3) is 0.276. The van der Waals surface area contributed by atoms with Gasteiger partial charge >= 0.3 is 12.4 Å². The molecule has 1 fully saturated rings. The molecule has 2 heterocycles. The van der Waals surface area contributed by atoms with Crippen molar-refractivity contribution in [3.8, 4) is 0 Å². The predicted octanol–water partition coefficient (Wildman–Crippen LogP) is 6.31. The SMILES string of the molecule is O=C(NCc1cc(C(=O)NCc2ccccc2C(F)(F)F)c2nc([C@H]3CCCO3)[nH]c2c1)c1ccccc1C(F)(F)F. The summed E-state index contributed by atoms with van der Waals surface area (Å²) in [5, 5.41) is 4.95. The lowest BCUT2D eigenvalue weighted by Gasteiger charge is -2.14. The molecular weight excluding hydrogens is 566 g/mol. The third-order valence-electron chi connectivity index (χ3n) is 6.84. The number of nitrogens with one attached hydrogen (secondary N) is 3. The van der Waals surface area contributed by atoms with E-state index in [1.165, 1.54) is 36.4 Å². The van der Waals surface area contributed by atoms with E-state index in [1.807, 2.05) is 0 Å². The largest absolute Gasteiger partial charge is 0.417 e. The molecular formula is C29H24F6N4O3. The van der Waals surface area contributed by atoms with Crippen molar-refractivity contribution in [2.24, 2.45) is 0 Å². The third kappa shape index (κ3) is 6.25. The fourth-order valence-corrected chi connectivity index (χ4v) is 4.84. The number of hydrogen-bond acceptors (Lipinski definition) is 4. The van der Waals surface area contributed by atoms with Crippen LogP contribution in [0.5, 0.6) is 0 Å². The molecule has 5 rings (SSSR count). The van der Waals surface area contributed by atoms with Gasteiger partial charge in [-0.3, -0.25) is 9.59 Å². The molecule has 0 spiro atoms. The number of amides is 2. The second kappa shape index (κ2) is 11.5. The van der Waals surface area contributed by atoms with Crippen LogP contribution in [0.3, 0.4) is 0 Å². The maximum absolute atomic E-state index is 13.4. The molecule has 0 bridgehead atoms. The summed E-state index contributed by atoms with van der Waals surface area (Å²) in [5.74, 6) is -1.24. The molecule has 220 valence electrons. The number of H-pyrrole nitrogens is 1. The highest BCUT2D eigenvalue weighted by Gasteiger charge is 2.35. The molecule has 4 aromatic rings. The number of imidazole rings is 1. The van der Waals surface area contributed by atoms with Crippen molar-refractivity contribution in [1.82, 2.24) is 20.6 Å². The molecule has 7 nitrogen and oxygen atoms in total. The first-order valence-corrected chi connectivity index (χ1v) is 12.9. The smallest absolute Gasteiger partial charge is 0.370 e. The van der Waals surface area contributed by atoms with Gasteiger partial charge in [-0.1, -0.05) is 30.3 Å². The molecule has 13 heteroatoms. The normalized spacial score (nSPS) is 15.6. The highest BCUT2D eigenvalue weighted by atomic mass is 19.4. The minimum atomic E-state index is -4.74. The Kier molecular flexibility index (Phi) is 7.95. The molecule has 1 aliphatic rings. The average molecular weight is 591 g/mol.